The van der Waals surface area contributed by atoms with Gasteiger partial charge in [-0.1, -0.05) is 13.8 Å². The third kappa shape index (κ3) is 3.20. The van der Waals surface area contributed by atoms with Crippen LogP contribution in [0.1, 0.15) is 31.1 Å². The zero-order chi connectivity index (χ0) is 11.4. The molecule has 0 radical (unpaired) electrons. The molecule has 84 valence electrons. The lowest BCUT2D eigenvalue weighted by molar-refractivity contribution is 0.0936. The standard InChI is InChI=1S/C12H19NO2/c1-9(2)12(14)11-5-6-13(8-11)7-10(3)15-4/h5-6,8-10H,7H2,1-4H3. The Balaban J connectivity index is 2.68. The molecule has 0 amide bonds. The van der Waals surface area contributed by atoms with Gasteiger partial charge in [-0.3, -0.25) is 4.79 Å². The fourth-order valence-corrected chi connectivity index (χ4v) is 1.40. The van der Waals surface area contributed by atoms with Crippen molar-refractivity contribution >= 4 is 5.78 Å². The smallest absolute Gasteiger partial charge is 0.166 e. The minimum atomic E-state index is 0.0562. The molecule has 1 unspecified atom stereocenters. The number of Topliss-reactive ketones (excluding diaryl/α,β-unsaturated/α-hetero) is 1. The second-order valence-corrected chi connectivity index (χ2v) is 4.16. The van der Waals surface area contributed by atoms with Crippen LogP contribution in [0.15, 0.2) is 18.5 Å². The van der Waals surface area contributed by atoms with Gasteiger partial charge in [-0.25, -0.2) is 0 Å². The van der Waals surface area contributed by atoms with Crippen molar-refractivity contribution in [3.05, 3.63) is 24.0 Å². The van der Waals surface area contributed by atoms with E-state index in [-0.39, 0.29) is 17.8 Å². The summed E-state index contributed by atoms with van der Waals surface area (Å²) in [6.07, 6.45) is 3.97. The summed E-state index contributed by atoms with van der Waals surface area (Å²) >= 11 is 0. The summed E-state index contributed by atoms with van der Waals surface area (Å²) in [7, 11) is 1.69. The molecule has 0 fully saturated rings. The largest absolute Gasteiger partial charge is 0.380 e. The molecule has 15 heavy (non-hydrogen) atoms. The van der Waals surface area contributed by atoms with Gasteiger partial charge in [-0.2, -0.15) is 0 Å². The van der Waals surface area contributed by atoms with Crippen molar-refractivity contribution in [2.45, 2.75) is 33.4 Å². The maximum atomic E-state index is 11.7. The molecule has 1 heterocycles. The molecule has 0 aliphatic carbocycles. The number of carbonyl (C=O) groups excluding carboxylic acids is 1. The first kappa shape index (κ1) is 12.0. The molecule has 1 aromatic heterocycles. The molecule has 0 N–H and O–H groups in total. The van der Waals surface area contributed by atoms with Crippen LogP contribution in [0.3, 0.4) is 0 Å². The summed E-state index contributed by atoms with van der Waals surface area (Å²) in [6.45, 7) is 6.61. The molecule has 0 bridgehead atoms. The van der Waals surface area contributed by atoms with Crippen molar-refractivity contribution in [3.8, 4) is 0 Å². The average molecular weight is 209 g/mol. The summed E-state index contributed by atoms with van der Waals surface area (Å²) in [5.41, 5.74) is 0.785. The molecular formula is C12H19NO2. The quantitative estimate of drug-likeness (QED) is 0.697. The monoisotopic (exact) mass is 209 g/mol. The second-order valence-electron chi connectivity index (χ2n) is 4.16. The summed E-state index contributed by atoms with van der Waals surface area (Å²) in [5.74, 6) is 0.250. The van der Waals surface area contributed by atoms with Crippen LogP contribution in [0, 0.1) is 5.92 Å². The van der Waals surface area contributed by atoms with Crippen molar-refractivity contribution in [1.82, 2.24) is 4.57 Å². The minimum Gasteiger partial charge on any atom is -0.380 e. The van der Waals surface area contributed by atoms with E-state index >= 15 is 0 Å². The lowest BCUT2D eigenvalue weighted by Gasteiger charge is -2.09. The van der Waals surface area contributed by atoms with E-state index in [4.69, 9.17) is 4.74 Å². The number of carbonyl (C=O) groups is 1. The zero-order valence-corrected chi connectivity index (χ0v) is 9.86. The molecule has 0 saturated heterocycles. The van der Waals surface area contributed by atoms with E-state index in [9.17, 15) is 4.79 Å². The topological polar surface area (TPSA) is 31.2 Å². The van der Waals surface area contributed by atoms with Crippen molar-refractivity contribution in [2.24, 2.45) is 5.92 Å². The van der Waals surface area contributed by atoms with Crippen LogP contribution in [0.5, 0.6) is 0 Å². The SMILES string of the molecule is COC(C)Cn1ccc(C(=O)C(C)C)c1. The van der Waals surface area contributed by atoms with Crippen molar-refractivity contribution in [3.63, 3.8) is 0 Å². The molecule has 1 rings (SSSR count). The van der Waals surface area contributed by atoms with Gasteiger partial charge in [-0.15, -0.1) is 0 Å². The van der Waals surface area contributed by atoms with Crippen molar-refractivity contribution < 1.29 is 9.53 Å². The molecule has 0 spiro atoms. The van der Waals surface area contributed by atoms with E-state index in [1.54, 1.807) is 7.11 Å². The number of ether oxygens (including phenoxy) is 1. The zero-order valence-electron chi connectivity index (χ0n) is 9.86. The van der Waals surface area contributed by atoms with Gasteiger partial charge in [0.25, 0.3) is 0 Å². The summed E-state index contributed by atoms with van der Waals surface area (Å²) in [5, 5.41) is 0. The molecule has 3 nitrogen and oxygen atoms in total. The van der Waals surface area contributed by atoms with Crippen molar-refractivity contribution in [2.75, 3.05) is 7.11 Å². The van der Waals surface area contributed by atoms with Crippen LogP contribution < -0.4 is 0 Å². The van der Waals surface area contributed by atoms with Crippen LogP contribution in [-0.2, 0) is 11.3 Å². The third-order valence-electron chi connectivity index (χ3n) is 2.43. The average Bonchev–Trinajstić information content (AvgIpc) is 2.64. The summed E-state index contributed by atoms with van der Waals surface area (Å²) in [4.78, 5) is 11.7. The van der Waals surface area contributed by atoms with E-state index in [1.807, 2.05) is 43.8 Å². The molecule has 0 aromatic carbocycles. The fraction of sp³-hybridized carbons (Fsp3) is 0.583. The molecule has 1 atom stereocenters. The van der Waals surface area contributed by atoms with Gasteiger partial charge in [0.15, 0.2) is 5.78 Å². The van der Waals surface area contributed by atoms with Crippen LogP contribution in [-0.4, -0.2) is 23.6 Å². The number of hydrogen-bond donors (Lipinski definition) is 0. The molecule has 0 aliphatic heterocycles. The predicted octanol–water partition coefficient (Wildman–Crippen LogP) is 2.36. The molecule has 0 saturated carbocycles. The lowest BCUT2D eigenvalue weighted by Crippen LogP contribution is -2.13. The minimum absolute atomic E-state index is 0.0562. The van der Waals surface area contributed by atoms with Gasteiger partial charge in [0.05, 0.1) is 6.10 Å². The Morgan fingerprint density at radius 2 is 2.13 bits per heavy atom. The van der Waals surface area contributed by atoms with Gasteiger partial charge in [0.1, 0.15) is 0 Å². The van der Waals surface area contributed by atoms with Gasteiger partial charge in [0, 0.05) is 37.5 Å². The Morgan fingerprint density at radius 3 is 2.67 bits per heavy atom. The number of aromatic nitrogens is 1. The first-order valence-corrected chi connectivity index (χ1v) is 5.27. The Bertz CT molecular complexity index is 328. The van der Waals surface area contributed by atoms with E-state index in [2.05, 4.69) is 0 Å². The van der Waals surface area contributed by atoms with Crippen LogP contribution in [0.25, 0.3) is 0 Å². The van der Waals surface area contributed by atoms with E-state index < -0.39 is 0 Å². The molecular weight excluding hydrogens is 190 g/mol. The summed E-state index contributed by atoms with van der Waals surface area (Å²) < 4.78 is 7.16. The van der Waals surface area contributed by atoms with Crippen LogP contribution >= 0.6 is 0 Å². The van der Waals surface area contributed by atoms with Gasteiger partial charge < -0.3 is 9.30 Å². The fourth-order valence-electron chi connectivity index (χ4n) is 1.40. The van der Waals surface area contributed by atoms with Crippen molar-refractivity contribution in [1.29, 1.82) is 0 Å². The number of rotatable bonds is 5. The Morgan fingerprint density at radius 1 is 1.47 bits per heavy atom. The lowest BCUT2D eigenvalue weighted by atomic mass is 10.0. The van der Waals surface area contributed by atoms with E-state index in [1.165, 1.54) is 0 Å². The highest BCUT2D eigenvalue weighted by molar-refractivity contribution is 5.97. The molecule has 0 aliphatic rings. The highest BCUT2D eigenvalue weighted by Crippen LogP contribution is 2.09. The third-order valence-corrected chi connectivity index (χ3v) is 2.43. The molecule has 3 heteroatoms. The number of methoxy groups -OCH3 is 1. The normalized spacial score (nSPS) is 13.1. The van der Waals surface area contributed by atoms with Crippen LogP contribution in [0.2, 0.25) is 0 Å². The maximum Gasteiger partial charge on any atom is 0.166 e. The Hall–Kier alpha value is -1.09. The van der Waals surface area contributed by atoms with Gasteiger partial charge >= 0.3 is 0 Å². The number of nitrogens with zero attached hydrogens (tertiary/aromatic N) is 1. The number of hydrogen-bond acceptors (Lipinski definition) is 2. The van der Waals surface area contributed by atoms with E-state index in [0.717, 1.165) is 12.1 Å². The number of ketones is 1. The second kappa shape index (κ2) is 5.12. The first-order valence-electron chi connectivity index (χ1n) is 5.27. The van der Waals surface area contributed by atoms with Crippen LogP contribution in [0.4, 0.5) is 0 Å². The maximum absolute atomic E-state index is 11.7. The first-order chi connectivity index (χ1) is 7.04. The molecule has 1 aromatic rings. The summed E-state index contributed by atoms with van der Waals surface area (Å²) in [6, 6.07) is 1.87. The van der Waals surface area contributed by atoms with Gasteiger partial charge in [0.2, 0.25) is 0 Å². The van der Waals surface area contributed by atoms with E-state index in [0.29, 0.717) is 0 Å². The highest BCUT2D eigenvalue weighted by atomic mass is 16.5. The Labute approximate surface area is 91.0 Å². The Kier molecular flexibility index (Phi) is 4.09. The predicted molar refractivity (Wildman–Crippen MR) is 60.1 cm³/mol. The van der Waals surface area contributed by atoms with Gasteiger partial charge in [-0.05, 0) is 13.0 Å². The highest BCUT2D eigenvalue weighted by Gasteiger charge is 2.12.